The van der Waals surface area contributed by atoms with Crippen LogP contribution in [-0.4, -0.2) is 0 Å². The fourth-order valence-corrected chi connectivity index (χ4v) is 3.74. The third-order valence-electron chi connectivity index (χ3n) is 3.68. The molecule has 2 nitrogen and oxygen atoms in total. The summed E-state index contributed by atoms with van der Waals surface area (Å²) in [4.78, 5) is 0. The molecule has 1 heterocycles. The Hall–Kier alpha value is -2.83. The number of anilines is 2. The summed E-state index contributed by atoms with van der Waals surface area (Å²) in [6.45, 7) is 0. The van der Waals surface area contributed by atoms with Crippen molar-refractivity contribution in [3.8, 4) is 6.07 Å². The summed E-state index contributed by atoms with van der Waals surface area (Å²) < 4.78 is 2.59. The van der Waals surface area contributed by atoms with Crippen LogP contribution in [0.2, 0.25) is 0 Å². The first-order valence-corrected chi connectivity index (χ1v) is 7.84. The average Bonchev–Trinajstić information content (AvgIpc) is 2.93. The Morgan fingerprint density at radius 3 is 2.32 bits per heavy atom. The molecule has 0 amide bonds. The van der Waals surface area contributed by atoms with Crippen molar-refractivity contribution in [2.45, 2.75) is 0 Å². The summed E-state index contributed by atoms with van der Waals surface area (Å²) in [5, 5.41) is 14.8. The molecule has 1 N–H and O–H groups in total. The van der Waals surface area contributed by atoms with Crippen molar-refractivity contribution in [2.24, 2.45) is 0 Å². The molecule has 1 aromatic heterocycles. The molecule has 104 valence electrons. The Labute approximate surface area is 132 Å². The second kappa shape index (κ2) is 5.18. The summed E-state index contributed by atoms with van der Waals surface area (Å²) in [6.07, 6.45) is 0. The number of benzene rings is 3. The maximum absolute atomic E-state index is 8.84. The van der Waals surface area contributed by atoms with E-state index in [0.29, 0.717) is 5.56 Å². The zero-order chi connectivity index (χ0) is 14.9. The second-order valence-corrected chi connectivity index (χ2v) is 6.21. The Kier molecular flexibility index (Phi) is 3.03. The van der Waals surface area contributed by atoms with Gasteiger partial charge in [-0.2, -0.15) is 5.26 Å². The van der Waals surface area contributed by atoms with Crippen LogP contribution >= 0.6 is 11.3 Å². The highest BCUT2D eigenvalue weighted by atomic mass is 32.1. The first-order valence-electron chi connectivity index (χ1n) is 7.02. The van der Waals surface area contributed by atoms with Gasteiger partial charge in [0.05, 0.1) is 11.6 Å². The molecule has 0 aliphatic rings. The molecule has 0 saturated heterocycles. The lowest BCUT2D eigenvalue weighted by molar-refractivity contribution is 1.48. The minimum absolute atomic E-state index is 0.672. The van der Waals surface area contributed by atoms with Crippen molar-refractivity contribution in [1.82, 2.24) is 0 Å². The number of nitriles is 1. The fraction of sp³-hybridized carbons (Fsp3) is 0. The van der Waals surface area contributed by atoms with Gasteiger partial charge in [-0.05, 0) is 42.5 Å². The highest BCUT2D eigenvalue weighted by molar-refractivity contribution is 7.25. The number of nitrogens with zero attached hydrogens (tertiary/aromatic N) is 1. The zero-order valence-corrected chi connectivity index (χ0v) is 12.5. The van der Waals surface area contributed by atoms with Crippen LogP contribution in [0.15, 0.2) is 66.7 Å². The standard InChI is InChI=1S/C19H12N2S/c20-12-13-5-7-14(8-6-13)21-15-9-10-17-16-3-1-2-4-18(16)22-19(17)11-15/h1-11,21H. The first kappa shape index (κ1) is 12.9. The van der Waals surface area contributed by atoms with Gasteiger partial charge in [-0.25, -0.2) is 0 Å². The van der Waals surface area contributed by atoms with Gasteiger partial charge in [0.1, 0.15) is 0 Å². The van der Waals surface area contributed by atoms with Gasteiger partial charge >= 0.3 is 0 Å². The van der Waals surface area contributed by atoms with E-state index in [1.807, 2.05) is 35.6 Å². The van der Waals surface area contributed by atoms with Crippen molar-refractivity contribution in [2.75, 3.05) is 5.32 Å². The lowest BCUT2D eigenvalue weighted by atomic mass is 10.1. The van der Waals surface area contributed by atoms with Crippen molar-refractivity contribution >= 4 is 42.9 Å². The number of nitrogens with one attached hydrogen (secondary N) is 1. The minimum atomic E-state index is 0.672. The Bertz CT molecular complexity index is 1010. The van der Waals surface area contributed by atoms with Crippen molar-refractivity contribution in [3.63, 3.8) is 0 Å². The first-order chi connectivity index (χ1) is 10.8. The van der Waals surface area contributed by atoms with Gasteiger partial charge in [0.2, 0.25) is 0 Å². The molecule has 3 heteroatoms. The number of rotatable bonds is 2. The number of thiophene rings is 1. The third-order valence-corrected chi connectivity index (χ3v) is 4.82. The lowest BCUT2D eigenvalue weighted by Crippen LogP contribution is -1.89. The van der Waals surface area contributed by atoms with Crippen LogP contribution in [0.1, 0.15) is 5.56 Å². The summed E-state index contributed by atoms with van der Waals surface area (Å²) in [5.41, 5.74) is 2.72. The molecular formula is C19H12N2S. The molecule has 4 aromatic rings. The molecular weight excluding hydrogens is 288 g/mol. The average molecular weight is 300 g/mol. The van der Waals surface area contributed by atoms with Crippen LogP contribution in [0, 0.1) is 11.3 Å². The van der Waals surface area contributed by atoms with Crippen molar-refractivity contribution in [1.29, 1.82) is 5.26 Å². The van der Waals surface area contributed by atoms with Crippen molar-refractivity contribution < 1.29 is 0 Å². The molecule has 0 radical (unpaired) electrons. The number of hydrogen-bond donors (Lipinski definition) is 1. The van der Waals surface area contributed by atoms with Crippen LogP contribution in [0.25, 0.3) is 20.2 Å². The molecule has 3 aromatic carbocycles. The van der Waals surface area contributed by atoms with E-state index < -0.39 is 0 Å². The molecule has 0 saturated carbocycles. The number of fused-ring (bicyclic) bond motifs is 3. The minimum Gasteiger partial charge on any atom is -0.355 e. The summed E-state index contributed by atoms with van der Waals surface area (Å²) in [5.74, 6) is 0. The lowest BCUT2D eigenvalue weighted by Gasteiger charge is -2.06. The van der Waals surface area contributed by atoms with E-state index in [0.717, 1.165) is 11.4 Å². The predicted molar refractivity (Wildman–Crippen MR) is 93.8 cm³/mol. The van der Waals surface area contributed by atoms with E-state index >= 15 is 0 Å². The normalized spacial score (nSPS) is 10.7. The largest absolute Gasteiger partial charge is 0.355 e. The van der Waals surface area contributed by atoms with Crippen LogP contribution in [-0.2, 0) is 0 Å². The van der Waals surface area contributed by atoms with E-state index in [1.54, 1.807) is 0 Å². The molecule has 0 atom stereocenters. The molecule has 0 bridgehead atoms. The SMILES string of the molecule is N#Cc1ccc(Nc2ccc3c(c2)sc2ccccc23)cc1. The third kappa shape index (κ3) is 2.20. The summed E-state index contributed by atoms with van der Waals surface area (Å²) in [7, 11) is 0. The van der Waals surface area contributed by atoms with Crippen molar-refractivity contribution in [3.05, 3.63) is 72.3 Å². The van der Waals surface area contributed by atoms with E-state index in [9.17, 15) is 0 Å². The van der Waals surface area contributed by atoms with Gasteiger partial charge in [0, 0.05) is 31.5 Å². The zero-order valence-electron chi connectivity index (χ0n) is 11.7. The smallest absolute Gasteiger partial charge is 0.0991 e. The van der Waals surface area contributed by atoms with Crippen LogP contribution in [0.4, 0.5) is 11.4 Å². The summed E-state index contributed by atoms with van der Waals surface area (Å²) in [6, 6.07) is 24.5. The van der Waals surface area contributed by atoms with Gasteiger partial charge in [-0.1, -0.05) is 24.3 Å². The van der Waals surface area contributed by atoms with E-state index in [4.69, 9.17) is 5.26 Å². The molecule has 0 fully saturated rings. The molecule has 0 aliphatic heterocycles. The topological polar surface area (TPSA) is 35.8 Å². The Morgan fingerprint density at radius 1 is 0.773 bits per heavy atom. The maximum atomic E-state index is 8.84. The Morgan fingerprint density at radius 2 is 1.50 bits per heavy atom. The van der Waals surface area contributed by atoms with E-state index in [-0.39, 0.29) is 0 Å². The van der Waals surface area contributed by atoms with Crippen LogP contribution in [0.5, 0.6) is 0 Å². The Balaban J connectivity index is 1.72. The highest BCUT2D eigenvalue weighted by Gasteiger charge is 2.05. The molecule has 0 unspecified atom stereocenters. The maximum Gasteiger partial charge on any atom is 0.0991 e. The fourth-order valence-electron chi connectivity index (χ4n) is 2.60. The van der Waals surface area contributed by atoms with E-state index in [2.05, 4.69) is 53.9 Å². The van der Waals surface area contributed by atoms with Gasteiger partial charge in [0.15, 0.2) is 0 Å². The second-order valence-electron chi connectivity index (χ2n) is 5.12. The predicted octanol–water partition coefficient (Wildman–Crippen LogP) is 5.67. The molecule has 22 heavy (non-hydrogen) atoms. The quantitative estimate of drug-likeness (QED) is 0.517. The van der Waals surface area contributed by atoms with Gasteiger partial charge in [-0.3, -0.25) is 0 Å². The highest BCUT2D eigenvalue weighted by Crippen LogP contribution is 2.35. The molecule has 0 aliphatic carbocycles. The van der Waals surface area contributed by atoms with Gasteiger partial charge < -0.3 is 5.32 Å². The summed E-state index contributed by atoms with van der Waals surface area (Å²) >= 11 is 1.81. The van der Waals surface area contributed by atoms with E-state index in [1.165, 1.54) is 20.2 Å². The molecule has 4 rings (SSSR count). The van der Waals surface area contributed by atoms with Crippen LogP contribution in [0.3, 0.4) is 0 Å². The monoisotopic (exact) mass is 300 g/mol. The van der Waals surface area contributed by atoms with Gasteiger partial charge in [0.25, 0.3) is 0 Å². The molecule has 0 spiro atoms. The number of hydrogen-bond acceptors (Lipinski definition) is 3. The van der Waals surface area contributed by atoms with Gasteiger partial charge in [-0.15, -0.1) is 11.3 Å². The van der Waals surface area contributed by atoms with Crippen LogP contribution < -0.4 is 5.32 Å².